The van der Waals surface area contributed by atoms with Crippen molar-refractivity contribution >= 4 is 17.8 Å². The first-order valence-electron chi connectivity index (χ1n) is 6.80. The van der Waals surface area contributed by atoms with Crippen molar-refractivity contribution in [2.75, 3.05) is 30.3 Å². The normalized spacial score (nSPS) is 10.1. The van der Waals surface area contributed by atoms with Crippen molar-refractivity contribution in [1.82, 2.24) is 15.0 Å². The van der Waals surface area contributed by atoms with Gasteiger partial charge in [0.25, 0.3) is 0 Å². The average molecular weight is 282 g/mol. The molecule has 1 amide bonds. The van der Waals surface area contributed by atoms with E-state index in [1.807, 2.05) is 6.92 Å². The van der Waals surface area contributed by atoms with E-state index in [2.05, 4.69) is 32.5 Å². The molecule has 0 aliphatic rings. The maximum Gasteiger partial charge on any atom is 0.323 e. The van der Waals surface area contributed by atoms with Gasteiger partial charge in [0.2, 0.25) is 17.8 Å². The maximum atomic E-state index is 10.6. The van der Waals surface area contributed by atoms with Gasteiger partial charge in [-0.1, -0.05) is 6.92 Å². The quantitative estimate of drug-likeness (QED) is 0.543. The number of nitrogens with zero attached hydrogens (tertiary/aromatic N) is 3. The highest BCUT2D eigenvalue weighted by Crippen LogP contribution is 2.11. The first-order valence-corrected chi connectivity index (χ1v) is 6.80. The summed E-state index contributed by atoms with van der Waals surface area (Å²) in [6.45, 7) is 5.74. The van der Waals surface area contributed by atoms with Crippen LogP contribution in [-0.4, -0.2) is 40.6 Å². The topological polar surface area (TPSA) is 115 Å². The third-order valence-corrected chi connectivity index (χ3v) is 2.30. The van der Waals surface area contributed by atoms with Gasteiger partial charge in [-0.2, -0.15) is 15.0 Å². The summed E-state index contributed by atoms with van der Waals surface area (Å²) in [6.07, 6.45) is 1.93. The van der Waals surface area contributed by atoms with Crippen LogP contribution >= 0.6 is 0 Å². The number of primary amides is 1. The van der Waals surface area contributed by atoms with Crippen LogP contribution in [0.3, 0.4) is 0 Å². The number of anilines is 2. The van der Waals surface area contributed by atoms with E-state index in [4.69, 9.17) is 10.5 Å². The molecule has 0 saturated heterocycles. The Balaban J connectivity index is 2.62. The predicted octanol–water partition coefficient (Wildman–Crippen LogP) is 0.770. The molecule has 0 aliphatic heterocycles. The Kier molecular flexibility index (Phi) is 7.08. The van der Waals surface area contributed by atoms with E-state index < -0.39 is 0 Å². The molecule has 0 unspecified atom stereocenters. The molecule has 0 fully saturated rings. The fourth-order valence-electron chi connectivity index (χ4n) is 1.41. The minimum Gasteiger partial charge on any atom is -0.464 e. The summed E-state index contributed by atoms with van der Waals surface area (Å²) >= 11 is 0. The summed E-state index contributed by atoms with van der Waals surface area (Å²) in [5, 5.41) is 6.11. The van der Waals surface area contributed by atoms with Crippen LogP contribution in [-0.2, 0) is 4.79 Å². The highest BCUT2D eigenvalue weighted by Gasteiger charge is 2.06. The molecule has 0 spiro atoms. The second kappa shape index (κ2) is 8.89. The van der Waals surface area contributed by atoms with Crippen molar-refractivity contribution in [1.29, 1.82) is 0 Å². The molecule has 0 atom stereocenters. The van der Waals surface area contributed by atoms with E-state index in [9.17, 15) is 4.79 Å². The lowest BCUT2D eigenvalue weighted by Gasteiger charge is -2.09. The van der Waals surface area contributed by atoms with Gasteiger partial charge in [-0.25, -0.2) is 0 Å². The van der Waals surface area contributed by atoms with Crippen LogP contribution in [0.15, 0.2) is 0 Å². The van der Waals surface area contributed by atoms with Gasteiger partial charge in [0.05, 0.1) is 6.61 Å². The monoisotopic (exact) mass is 282 g/mol. The van der Waals surface area contributed by atoms with Crippen molar-refractivity contribution in [3.05, 3.63) is 0 Å². The third-order valence-electron chi connectivity index (χ3n) is 2.30. The van der Waals surface area contributed by atoms with E-state index in [-0.39, 0.29) is 11.9 Å². The fourth-order valence-corrected chi connectivity index (χ4v) is 1.41. The number of aromatic nitrogens is 3. The highest BCUT2D eigenvalue weighted by molar-refractivity contribution is 5.73. The fraction of sp³-hybridized carbons (Fsp3) is 0.667. The molecule has 0 aliphatic carbocycles. The minimum atomic E-state index is -0.317. The molecule has 0 aromatic carbocycles. The Morgan fingerprint density at radius 3 is 2.35 bits per heavy atom. The van der Waals surface area contributed by atoms with E-state index in [1.54, 1.807) is 0 Å². The maximum absolute atomic E-state index is 10.6. The van der Waals surface area contributed by atoms with Crippen molar-refractivity contribution in [3.63, 3.8) is 0 Å². The van der Waals surface area contributed by atoms with Crippen molar-refractivity contribution < 1.29 is 9.53 Å². The zero-order chi connectivity index (χ0) is 14.8. The summed E-state index contributed by atoms with van der Waals surface area (Å²) in [5.41, 5.74) is 5.08. The number of ether oxygens (including phenoxy) is 1. The van der Waals surface area contributed by atoms with Gasteiger partial charge in [-0.15, -0.1) is 0 Å². The number of hydrogen-bond acceptors (Lipinski definition) is 7. The van der Waals surface area contributed by atoms with E-state index in [1.165, 1.54) is 0 Å². The Bertz CT molecular complexity index is 426. The molecule has 1 aromatic heterocycles. The molecule has 1 rings (SSSR count). The SMILES string of the molecule is CCCNc1nc(NCCCC(N)=O)nc(OCC)n1. The second-order valence-electron chi connectivity index (χ2n) is 4.12. The lowest BCUT2D eigenvalue weighted by molar-refractivity contribution is -0.118. The molecule has 20 heavy (non-hydrogen) atoms. The van der Waals surface area contributed by atoms with Crippen LogP contribution in [0.2, 0.25) is 0 Å². The first kappa shape index (κ1) is 15.9. The molecule has 8 heteroatoms. The molecule has 1 aromatic rings. The van der Waals surface area contributed by atoms with Crippen molar-refractivity contribution in [2.45, 2.75) is 33.1 Å². The third kappa shape index (κ3) is 6.17. The van der Waals surface area contributed by atoms with Gasteiger partial charge in [-0.3, -0.25) is 4.79 Å². The van der Waals surface area contributed by atoms with Crippen LogP contribution in [0.4, 0.5) is 11.9 Å². The Morgan fingerprint density at radius 2 is 1.80 bits per heavy atom. The Hall–Kier alpha value is -2.12. The largest absolute Gasteiger partial charge is 0.464 e. The summed E-state index contributed by atoms with van der Waals surface area (Å²) in [5.74, 6) is 0.581. The van der Waals surface area contributed by atoms with Crippen LogP contribution in [0.5, 0.6) is 6.01 Å². The summed E-state index contributed by atoms with van der Waals surface area (Å²) in [6, 6.07) is 0.276. The van der Waals surface area contributed by atoms with Crippen LogP contribution in [0.1, 0.15) is 33.1 Å². The van der Waals surface area contributed by atoms with Crippen molar-refractivity contribution in [3.8, 4) is 6.01 Å². The van der Waals surface area contributed by atoms with Crippen LogP contribution in [0.25, 0.3) is 0 Å². The van der Waals surface area contributed by atoms with Crippen LogP contribution < -0.4 is 21.1 Å². The molecule has 0 radical (unpaired) electrons. The number of carbonyl (C=O) groups is 1. The van der Waals surface area contributed by atoms with Gasteiger partial charge in [0.15, 0.2) is 0 Å². The van der Waals surface area contributed by atoms with E-state index >= 15 is 0 Å². The van der Waals surface area contributed by atoms with E-state index in [0.717, 1.165) is 13.0 Å². The lowest BCUT2D eigenvalue weighted by Crippen LogP contribution is -2.15. The van der Waals surface area contributed by atoms with Crippen LogP contribution in [0, 0.1) is 0 Å². The molecular formula is C12H22N6O2. The Labute approximate surface area is 118 Å². The first-order chi connectivity index (χ1) is 9.65. The lowest BCUT2D eigenvalue weighted by atomic mass is 10.3. The zero-order valence-corrected chi connectivity index (χ0v) is 12.0. The standard InChI is InChI=1S/C12H22N6O2/c1-3-7-14-10-16-11(15-8-5-6-9(13)19)18-12(17-10)20-4-2/h3-8H2,1-2H3,(H2,13,19)(H2,14,15,16,17,18). The number of hydrogen-bond donors (Lipinski definition) is 3. The number of rotatable bonds is 10. The molecule has 112 valence electrons. The van der Waals surface area contributed by atoms with Crippen molar-refractivity contribution in [2.24, 2.45) is 5.73 Å². The summed E-state index contributed by atoms with van der Waals surface area (Å²) in [4.78, 5) is 23.2. The smallest absolute Gasteiger partial charge is 0.323 e. The molecule has 0 bridgehead atoms. The number of nitrogens with two attached hydrogens (primary N) is 1. The van der Waals surface area contributed by atoms with Gasteiger partial charge in [-0.05, 0) is 19.8 Å². The van der Waals surface area contributed by atoms with Gasteiger partial charge < -0.3 is 21.1 Å². The predicted molar refractivity (Wildman–Crippen MR) is 76.7 cm³/mol. The highest BCUT2D eigenvalue weighted by atomic mass is 16.5. The molecule has 0 saturated carbocycles. The molecule has 1 heterocycles. The van der Waals surface area contributed by atoms with E-state index in [0.29, 0.717) is 37.9 Å². The molecule has 4 N–H and O–H groups in total. The van der Waals surface area contributed by atoms with Gasteiger partial charge in [0.1, 0.15) is 0 Å². The number of nitrogens with one attached hydrogen (secondary N) is 2. The zero-order valence-electron chi connectivity index (χ0n) is 12.0. The molecular weight excluding hydrogens is 260 g/mol. The summed E-state index contributed by atoms with van der Waals surface area (Å²) in [7, 11) is 0. The minimum absolute atomic E-state index is 0.276. The molecule has 8 nitrogen and oxygen atoms in total. The van der Waals surface area contributed by atoms with Gasteiger partial charge >= 0.3 is 6.01 Å². The second-order valence-corrected chi connectivity index (χ2v) is 4.12. The average Bonchev–Trinajstić information content (AvgIpc) is 2.41. The number of amides is 1. The number of carbonyl (C=O) groups excluding carboxylic acids is 1. The Morgan fingerprint density at radius 1 is 1.15 bits per heavy atom. The van der Waals surface area contributed by atoms with Gasteiger partial charge in [0, 0.05) is 19.5 Å². The summed E-state index contributed by atoms with van der Waals surface area (Å²) < 4.78 is 5.30.